The van der Waals surface area contributed by atoms with Gasteiger partial charge in [-0.25, -0.2) is 0 Å². The monoisotopic (exact) mass is 296 g/mol. The van der Waals surface area contributed by atoms with E-state index in [0.717, 1.165) is 19.3 Å². The Kier molecular flexibility index (Phi) is 17.0. The van der Waals surface area contributed by atoms with E-state index in [0.29, 0.717) is 6.54 Å². The predicted octanol–water partition coefficient (Wildman–Crippen LogP) is 2.22. The number of aliphatic carboxylic acids is 2. The molecule has 0 aromatic heterocycles. The molecule has 0 spiro atoms. The molecule has 20 heavy (non-hydrogen) atoms. The molecule has 0 saturated carbocycles. The first-order valence-corrected chi connectivity index (χ1v) is 7.22. The second-order valence-electron chi connectivity index (χ2n) is 4.97. The van der Waals surface area contributed by atoms with Gasteiger partial charge in [-0.3, -0.25) is 14.5 Å². The van der Waals surface area contributed by atoms with Crippen LogP contribution >= 0.6 is 0 Å². The third kappa shape index (κ3) is 16.0. The van der Waals surface area contributed by atoms with Gasteiger partial charge in [-0.2, -0.15) is 0 Å². The summed E-state index contributed by atoms with van der Waals surface area (Å²) in [4.78, 5) is 22.7. The SMILES string of the molecule is CCCCCCCCCCN(CC(=O)O)CC(=O)O.[Na]. The van der Waals surface area contributed by atoms with Crippen molar-refractivity contribution in [1.82, 2.24) is 4.90 Å². The number of hydrogen-bond acceptors (Lipinski definition) is 3. The number of unbranched alkanes of at least 4 members (excludes halogenated alkanes) is 7. The van der Waals surface area contributed by atoms with Crippen LogP contribution < -0.4 is 0 Å². The summed E-state index contributed by atoms with van der Waals surface area (Å²) in [5, 5.41) is 17.4. The molecule has 1 radical (unpaired) electrons. The number of rotatable bonds is 13. The molecular weight excluding hydrogens is 269 g/mol. The molecule has 0 atom stereocenters. The number of carboxylic acids is 2. The Bertz CT molecular complexity index is 246. The number of nitrogens with zero attached hydrogens (tertiary/aromatic N) is 1. The Morgan fingerprint density at radius 3 is 1.60 bits per heavy atom. The maximum atomic E-state index is 10.6. The van der Waals surface area contributed by atoms with Crippen molar-refractivity contribution in [2.24, 2.45) is 0 Å². The maximum Gasteiger partial charge on any atom is 0.317 e. The van der Waals surface area contributed by atoms with E-state index in [-0.39, 0.29) is 42.6 Å². The van der Waals surface area contributed by atoms with E-state index in [1.54, 1.807) is 0 Å². The molecular formula is C14H27NNaO4. The molecule has 0 rings (SSSR count). The topological polar surface area (TPSA) is 77.8 Å². The van der Waals surface area contributed by atoms with Crippen LogP contribution in [0.4, 0.5) is 0 Å². The fraction of sp³-hybridized carbons (Fsp3) is 0.857. The fourth-order valence-corrected chi connectivity index (χ4v) is 2.07. The minimum Gasteiger partial charge on any atom is -0.480 e. The van der Waals surface area contributed by atoms with Gasteiger partial charge in [-0.15, -0.1) is 0 Å². The van der Waals surface area contributed by atoms with E-state index >= 15 is 0 Å². The van der Waals surface area contributed by atoms with Gasteiger partial charge in [-0.05, 0) is 13.0 Å². The first kappa shape index (κ1) is 22.2. The van der Waals surface area contributed by atoms with Gasteiger partial charge in [0.2, 0.25) is 0 Å². The third-order valence-corrected chi connectivity index (χ3v) is 3.05. The van der Waals surface area contributed by atoms with E-state index in [1.165, 1.54) is 37.0 Å². The largest absolute Gasteiger partial charge is 0.480 e. The zero-order valence-electron chi connectivity index (χ0n) is 12.9. The van der Waals surface area contributed by atoms with Crippen molar-refractivity contribution in [3.05, 3.63) is 0 Å². The van der Waals surface area contributed by atoms with Gasteiger partial charge in [0, 0.05) is 29.6 Å². The number of hydrogen-bond donors (Lipinski definition) is 2. The van der Waals surface area contributed by atoms with Gasteiger partial charge in [0.15, 0.2) is 0 Å². The average Bonchev–Trinajstić information content (AvgIpc) is 2.30. The molecule has 6 heteroatoms. The molecule has 0 aromatic carbocycles. The van der Waals surface area contributed by atoms with Crippen LogP contribution in [0, 0.1) is 0 Å². The van der Waals surface area contributed by atoms with E-state index in [1.807, 2.05) is 0 Å². The van der Waals surface area contributed by atoms with Crippen molar-refractivity contribution in [2.75, 3.05) is 19.6 Å². The van der Waals surface area contributed by atoms with Crippen LogP contribution in [0.1, 0.15) is 58.3 Å². The minimum absolute atomic E-state index is 0. The summed E-state index contributed by atoms with van der Waals surface area (Å²) in [6, 6.07) is 0. The van der Waals surface area contributed by atoms with Crippen LogP contribution in [0.5, 0.6) is 0 Å². The van der Waals surface area contributed by atoms with E-state index in [2.05, 4.69) is 6.92 Å². The van der Waals surface area contributed by atoms with Gasteiger partial charge in [0.1, 0.15) is 0 Å². The zero-order chi connectivity index (χ0) is 14.5. The first-order valence-electron chi connectivity index (χ1n) is 7.22. The molecule has 0 unspecified atom stereocenters. The van der Waals surface area contributed by atoms with Crippen LogP contribution in [-0.4, -0.2) is 76.2 Å². The van der Waals surface area contributed by atoms with Gasteiger partial charge >= 0.3 is 11.9 Å². The van der Waals surface area contributed by atoms with Gasteiger partial charge in [-0.1, -0.05) is 51.9 Å². The summed E-state index contributed by atoms with van der Waals surface area (Å²) in [6.45, 7) is 2.36. The van der Waals surface area contributed by atoms with E-state index in [9.17, 15) is 9.59 Å². The van der Waals surface area contributed by atoms with Crippen LogP contribution in [0.2, 0.25) is 0 Å². The summed E-state index contributed by atoms with van der Waals surface area (Å²) in [7, 11) is 0. The fourth-order valence-electron chi connectivity index (χ4n) is 2.07. The zero-order valence-corrected chi connectivity index (χ0v) is 14.9. The Hall–Kier alpha value is -0.100. The Labute approximate surface area is 144 Å². The van der Waals surface area contributed by atoms with Crippen molar-refractivity contribution in [3.63, 3.8) is 0 Å². The molecule has 0 saturated heterocycles. The minimum atomic E-state index is -0.971. The summed E-state index contributed by atoms with van der Waals surface area (Å²) in [5.41, 5.74) is 0. The van der Waals surface area contributed by atoms with Crippen molar-refractivity contribution >= 4 is 41.5 Å². The summed E-state index contributed by atoms with van der Waals surface area (Å²) in [6.07, 6.45) is 9.39. The Morgan fingerprint density at radius 2 is 1.20 bits per heavy atom. The molecule has 0 fully saturated rings. The molecule has 0 bridgehead atoms. The molecule has 5 nitrogen and oxygen atoms in total. The second-order valence-corrected chi connectivity index (χ2v) is 4.97. The maximum absolute atomic E-state index is 10.6. The number of carboxylic acid groups (broad SMARTS) is 2. The molecule has 0 amide bonds. The van der Waals surface area contributed by atoms with Crippen molar-refractivity contribution in [1.29, 1.82) is 0 Å². The van der Waals surface area contributed by atoms with Crippen LogP contribution in [-0.2, 0) is 9.59 Å². The molecule has 0 aliphatic heterocycles. The van der Waals surface area contributed by atoms with Crippen LogP contribution in [0.15, 0.2) is 0 Å². The Morgan fingerprint density at radius 1 is 0.800 bits per heavy atom. The standard InChI is InChI=1S/C14H27NO4.Na/c1-2-3-4-5-6-7-8-9-10-15(11-13(16)17)12-14(18)19;/h2-12H2,1H3,(H,16,17)(H,18,19);. The van der Waals surface area contributed by atoms with Gasteiger partial charge in [0.05, 0.1) is 13.1 Å². The van der Waals surface area contributed by atoms with Crippen LogP contribution in [0.3, 0.4) is 0 Å². The predicted molar refractivity (Wildman–Crippen MR) is 80.1 cm³/mol. The van der Waals surface area contributed by atoms with Crippen molar-refractivity contribution in [2.45, 2.75) is 58.3 Å². The van der Waals surface area contributed by atoms with Crippen molar-refractivity contribution in [3.8, 4) is 0 Å². The van der Waals surface area contributed by atoms with Gasteiger partial charge in [0.25, 0.3) is 0 Å². The van der Waals surface area contributed by atoms with E-state index in [4.69, 9.17) is 10.2 Å². The van der Waals surface area contributed by atoms with Gasteiger partial charge < -0.3 is 10.2 Å². The molecule has 0 aromatic rings. The summed E-state index contributed by atoms with van der Waals surface area (Å²) < 4.78 is 0. The molecule has 113 valence electrons. The normalized spacial score (nSPS) is 10.3. The molecule has 0 heterocycles. The summed E-state index contributed by atoms with van der Waals surface area (Å²) >= 11 is 0. The Balaban J connectivity index is 0. The number of carbonyl (C=O) groups is 2. The molecule has 0 aliphatic rings. The first-order chi connectivity index (χ1) is 9.06. The average molecular weight is 296 g/mol. The van der Waals surface area contributed by atoms with E-state index < -0.39 is 11.9 Å². The third-order valence-electron chi connectivity index (χ3n) is 3.05. The van der Waals surface area contributed by atoms with Crippen molar-refractivity contribution < 1.29 is 19.8 Å². The molecule has 0 aliphatic carbocycles. The summed E-state index contributed by atoms with van der Waals surface area (Å²) in [5.74, 6) is -1.94. The quantitative estimate of drug-likeness (QED) is 0.402. The smallest absolute Gasteiger partial charge is 0.317 e. The molecule has 2 N–H and O–H groups in total. The second kappa shape index (κ2) is 15.3. The van der Waals surface area contributed by atoms with Crippen LogP contribution in [0.25, 0.3) is 0 Å².